The molecule has 29 heavy (non-hydrogen) atoms. The molecule has 156 valence electrons. The fourth-order valence-electron chi connectivity index (χ4n) is 3.18. The molecule has 2 aromatic rings. The number of carbonyl (C=O) groups is 2. The molecule has 0 unspecified atom stereocenters. The van der Waals surface area contributed by atoms with Crippen LogP contribution in [0.3, 0.4) is 0 Å². The Hall–Kier alpha value is -2.53. The Bertz CT molecular complexity index is 900. The summed E-state index contributed by atoms with van der Waals surface area (Å²) in [5.41, 5.74) is 5.73. The Morgan fingerprint density at radius 3 is 2.17 bits per heavy atom. The summed E-state index contributed by atoms with van der Waals surface area (Å²) in [4.78, 5) is 24.4. The fraction of sp³-hybridized carbons (Fsp3) is 0.391. The molecular formula is C23H29ClN2O3. The molecule has 0 bridgehead atoms. The van der Waals surface area contributed by atoms with Crippen LogP contribution in [-0.4, -0.2) is 25.0 Å². The molecule has 2 N–H and O–H groups in total. The predicted octanol–water partition coefficient (Wildman–Crippen LogP) is 4.83. The SMILES string of the molecule is Cc1cc(C)c(NC(=O)CNC(=O)COc2cc(C)c(Cl)cc2C(C)C)c(C)c1. The van der Waals surface area contributed by atoms with E-state index in [1.54, 1.807) is 0 Å². The molecule has 0 saturated heterocycles. The van der Waals surface area contributed by atoms with Crippen molar-refractivity contribution in [2.45, 2.75) is 47.5 Å². The highest BCUT2D eigenvalue weighted by Crippen LogP contribution is 2.32. The summed E-state index contributed by atoms with van der Waals surface area (Å²) in [7, 11) is 0. The van der Waals surface area contributed by atoms with Gasteiger partial charge in [-0.3, -0.25) is 9.59 Å². The maximum atomic E-state index is 12.2. The second-order valence-corrected chi connectivity index (χ2v) is 8.09. The van der Waals surface area contributed by atoms with Crippen LogP contribution >= 0.6 is 11.6 Å². The van der Waals surface area contributed by atoms with Crippen molar-refractivity contribution in [2.75, 3.05) is 18.5 Å². The van der Waals surface area contributed by atoms with Gasteiger partial charge in [0.05, 0.1) is 6.54 Å². The van der Waals surface area contributed by atoms with Crippen molar-refractivity contribution < 1.29 is 14.3 Å². The van der Waals surface area contributed by atoms with E-state index < -0.39 is 0 Å². The average molecular weight is 417 g/mol. The summed E-state index contributed by atoms with van der Waals surface area (Å²) in [5.74, 6) is 0.198. The summed E-state index contributed by atoms with van der Waals surface area (Å²) < 4.78 is 5.70. The van der Waals surface area contributed by atoms with Crippen LogP contribution in [0, 0.1) is 27.7 Å². The highest BCUT2D eigenvalue weighted by atomic mass is 35.5. The van der Waals surface area contributed by atoms with Gasteiger partial charge < -0.3 is 15.4 Å². The minimum atomic E-state index is -0.361. The number of nitrogens with one attached hydrogen (secondary N) is 2. The topological polar surface area (TPSA) is 67.4 Å². The van der Waals surface area contributed by atoms with Crippen molar-refractivity contribution in [2.24, 2.45) is 0 Å². The van der Waals surface area contributed by atoms with Crippen molar-refractivity contribution in [1.82, 2.24) is 5.32 Å². The lowest BCUT2D eigenvalue weighted by molar-refractivity contribution is -0.125. The van der Waals surface area contributed by atoms with Gasteiger partial charge in [-0.05, 0) is 68.0 Å². The van der Waals surface area contributed by atoms with Gasteiger partial charge in [0.1, 0.15) is 5.75 Å². The van der Waals surface area contributed by atoms with Gasteiger partial charge in [0, 0.05) is 10.7 Å². The van der Waals surface area contributed by atoms with Crippen molar-refractivity contribution in [3.05, 3.63) is 57.1 Å². The number of rotatable bonds is 7. The van der Waals surface area contributed by atoms with Crippen LogP contribution in [-0.2, 0) is 9.59 Å². The zero-order chi connectivity index (χ0) is 21.7. The second kappa shape index (κ2) is 9.79. The van der Waals surface area contributed by atoms with Crippen LogP contribution < -0.4 is 15.4 Å². The van der Waals surface area contributed by atoms with Gasteiger partial charge in [-0.15, -0.1) is 0 Å². The summed E-state index contributed by atoms with van der Waals surface area (Å²) in [5, 5.41) is 6.13. The van der Waals surface area contributed by atoms with Crippen LogP contribution in [0.1, 0.15) is 47.6 Å². The molecule has 0 heterocycles. The zero-order valence-corrected chi connectivity index (χ0v) is 18.7. The number of ether oxygens (including phenoxy) is 1. The van der Waals surface area contributed by atoms with E-state index in [1.807, 2.05) is 65.8 Å². The van der Waals surface area contributed by atoms with Gasteiger partial charge in [-0.2, -0.15) is 0 Å². The lowest BCUT2D eigenvalue weighted by atomic mass is 10.0. The first-order valence-corrected chi connectivity index (χ1v) is 10.0. The molecule has 0 aliphatic carbocycles. The number of hydrogen-bond acceptors (Lipinski definition) is 3. The zero-order valence-electron chi connectivity index (χ0n) is 17.9. The Labute approximate surface area is 177 Å². The molecule has 2 aromatic carbocycles. The molecule has 6 heteroatoms. The van der Waals surface area contributed by atoms with Gasteiger partial charge in [0.2, 0.25) is 5.91 Å². The quantitative estimate of drug-likeness (QED) is 0.679. The highest BCUT2D eigenvalue weighted by Gasteiger charge is 2.14. The minimum Gasteiger partial charge on any atom is -0.483 e. The van der Waals surface area contributed by atoms with Crippen molar-refractivity contribution in [1.29, 1.82) is 0 Å². The smallest absolute Gasteiger partial charge is 0.258 e. The minimum absolute atomic E-state index is 0.119. The van der Waals surface area contributed by atoms with Gasteiger partial charge in [0.15, 0.2) is 6.61 Å². The van der Waals surface area contributed by atoms with Gasteiger partial charge in [-0.25, -0.2) is 0 Å². The van der Waals surface area contributed by atoms with E-state index in [1.165, 1.54) is 0 Å². The van der Waals surface area contributed by atoms with Crippen LogP contribution in [0.25, 0.3) is 0 Å². The molecule has 0 radical (unpaired) electrons. The Kier molecular flexibility index (Phi) is 7.68. The maximum Gasteiger partial charge on any atom is 0.258 e. The summed E-state index contributed by atoms with van der Waals surface area (Å²) in [6.45, 7) is 11.6. The van der Waals surface area contributed by atoms with E-state index in [9.17, 15) is 9.59 Å². The number of anilines is 1. The van der Waals surface area contributed by atoms with Gasteiger partial charge in [-0.1, -0.05) is 43.1 Å². The molecule has 0 fully saturated rings. The number of halogens is 1. The Morgan fingerprint density at radius 2 is 1.59 bits per heavy atom. The van der Waals surface area contributed by atoms with E-state index in [-0.39, 0.29) is 30.9 Å². The van der Waals surface area contributed by atoms with Crippen molar-refractivity contribution in [3.63, 3.8) is 0 Å². The number of benzene rings is 2. The van der Waals surface area contributed by atoms with Crippen LogP contribution in [0.4, 0.5) is 5.69 Å². The van der Waals surface area contributed by atoms with Crippen LogP contribution in [0.15, 0.2) is 24.3 Å². The summed E-state index contributed by atoms with van der Waals surface area (Å²) in [6.07, 6.45) is 0. The molecule has 2 rings (SSSR count). The molecule has 0 aliphatic heterocycles. The maximum absolute atomic E-state index is 12.2. The van der Waals surface area contributed by atoms with E-state index in [0.717, 1.165) is 33.5 Å². The standard InChI is InChI=1S/C23H29ClN2O3/c1-13(2)18-10-19(24)15(4)9-20(18)29-12-22(28)25-11-21(27)26-23-16(5)7-14(3)8-17(23)6/h7-10,13H,11-12H2,1-6H3,(H,25,28)(H,26,27). The third kappa shape index (κ3) is 6.23. The molecule has 0 atom stereocenters. The van der Waals surface area contributed by atoms with Crippen LogP contribution in [0.2, 0.25) is 5.02 Å². The Balaban J connectivity index is 1.91. The number of hydrogen-bond donors (Lipinski definition) is 2. The van der Waals surface area contributed by atoms with Crippen molar-refractivity contribution >= 4 is 29.1 Å². The highest BCUT2D eigenvalue weighted by molar-refractivity contribution is 6.31. The molecule has 0 saturated carbocycles. The second-order valence-electron chi connectivity index (χ2n) is 7.68. The molecule has 0 aliphatic rings. The Morgan fingerprint density at radius 1 is 0.966 bits per heavy atom. The predicted molar refractivity (Wildman–Crippen MR) is 118 cm³/mol. The normalized spacial score (nSPS) is 10.8. The lowest BCUT2D eigenvalue weighted by Gasteiger charge is -2.16. The molecular weight excluding hydrogens is 388 g/mol. The summed E-state index contributed by atoms with van der Waals surface area (Å²) >= 11 is 6.20. The molecule has 0 spiro atoms. The van der Waals surface area contributed by atoms with E-state index in [0.29, 0.717) is 10.8 Å². The number of carbonyl (C=O) groups excluding carboxylic acids is 2. The third-order valence-corrected chi connectivity index (χ3v) is 5.07. The lowest BCUT2D eigenvalue weighted by Crippen LogP contribution is -2.36. The van der Waals surface area contributed by atoms with Gasteiger partial charge in [0.25, 0.3) is 5.91 Å². The van der Waals surface area contributed by atoms with E-state index >= 15 is 0 Å². The first-order chi connectivity index (χ1) is 13.6. The monoisotopic (exact) mass is 416 g/mol. The van der Waals surface area contributed by atoms with E-state index in [4.69, 9.17) is 16.3 Å². The largest absolute Gasteiger partial charge is 0.483 e. The summed E-state index contributed by atoms with van der Waals surface area (Å²) in [6, 6.07) is 7.72. The molecule has 0 aromatic heterocycles. The van der Waals surface area contributed by atoms with E-state index in [2.05, 4.69) is 10.6 Å². The molecule has 2 amide bonds. The van der Waals surface area contributed by atoms with Crippen molar-refractivity contribution in [3.8, 4) is 5.75 Å². The number of aryl methyl sites for hydroxylation is 4. The third-order valence-electron chi connectivity index (χ3n) is 4.66. The number of amides is 2. The first-order valence-electron chi connectivity index (χ1n) is 9.65. The van der Waals surface area contributed by atoms with Crippen LogP contribution in [0.5, 0.6) is 5.75 Å². The fourth-order valence-corrected chi connectivity index (χ4v) is 3.35. The van der Waals surface area contributed by atoms with Gasteiger partial charge >= 0.3 is 0 Å². The molecule has 5 nitrogen and oxygen atoms in total. The average Bonchev–Trinajstić information content (AvgIpc) is 2.63. The first kappa shape index (κ1) is 22.8.